The van der Waals surface area contributed by atoms with E-state index in [2.05, 4.69) is 31.9 Å². The number of nitrogens with one attached hydrogen (secondary N) is 6. The van der Waals surface area contributed by atoms with Crippen molar-refractivity contribution in [3.05, 3.63) is 107 Å². The molecular weight excluding hydrogens is 1020 g/mol. The fourth-order valence-electron chi connectivity index (χ4n) is 9.69. The molecular formula is C55H82N10O10S2. The Bertz CT molecular complexity index is 2740. The second-order valence-corrected chi connectivity index (χ2v) is 26.6. The zero-order chi connectivity index (χ0) is 57.0. The average Bonchev–Trinajstić information content (AvgIpc) is 3.96. The molecule has 0 aromatic heterocycles. The van der Waals surface area contributed by atoms with Crippen LogP contribution in [0.5, 0.6) is 0 Å². The molecule has 0 aliphatic carbocycles. The molecule has 3 aromatic carbocycles. The molecule has 22 heteroatoms. The normalized spacial score (nSPS) is 19.4. The number of rotatable bonds is 24. The lowest BCUT2D eigenvalue weighted by molar-refractivity contribution is -0.140. The lowest BCUT2D eigenvalue weighted by atomic mass is 9.85. The van der Waals surface area contributed by atoms with Gasteiger partial charge in [0.2, 0.25) is 43.7 Å². The van der Waals surface area contributed by atoms with Gasteiger partial charge in [-0.3, -0.25) is 28.8 Å². The first-order chi connectivity index (χ1) is 36.0. The van der Waals surface area contributed by atoms with Crippen LogP contribution in [0.1, 0.15) is 93.2 Å². The standard InChI is InChI=1S/C55H82N10O10S2/c1-37(57-9)49(67)61-48(55(5,6)7)53(71)65-34-43(31-45(65)36-63(77(11,74)75)29-27-39-20-16-13-17-21-39)59-51(69)41-24-22-40(23-25-41)50(68)58-42-30-44(35-62(76(10,72)73)28-26-38-18-14-12-15-19-38)64(33-42)52(70)47(54(2,3)4)60-46(66)32-56-8/h12-25,37,42-45,47-48,56-57H,26-36H2,1-11H3,(H,58,68)(H,59,69)(H,60,66)(H,61,67)/t37-,42-,43-,44-,45-,47+,48+/m0/s1. The quantitative estimate of drug-likeness (QED) is 0.0754. The van der Waals surface area contributed by atoms with Gasteiger partial charge in [-0.2, -0.15) is 8.61 Å². The van der Waals surface area contributed by atoms with Crippen LogP contribution >= 0.6 is 0 Å². The summed E-state index contributed by atoms with van der Waals surface area (Å²) in [5.74, 6) is -2.58. The Morgan fingerprint density at radius 3 is 1.31 bits per heavy atom. The Morgan fingerprint density at radius 1 is 0.597 bits per heavy atom. The summed E-state index contributed by atoms with van der Waals surface area (Å²) in [4.78, 5) is 86.3. The summed E-state index contributed by atoms with van der Waals surface area (Å²) < 4.78 is 55.8. The SMILES string of the molecule is CNCC(=O)N[C@H](C(=O)N1C[C@@H](NC(=O)c2ccc(C(=O)N[C@H]3C[C@@H](CN(CCc4ccccc4)S(C)(=O)=O)N(C(=O)[C@@H](NC(=O)[C@H](C)NC)C(C)(C)C)C3)cc2)C[C@H]1CN(CCc1ccccc1)S(C)(=O)=O)C(C)(C)C. The Balaban J connectivity index is 1.34. The van der Waals surface area contributed by atoms with Gasteiger partial charge in [0.25, 0.3) is 11.8 Å². The van der Waals surface area contributed by atoms with Crippen molar-refractivity contribution in [1.29, 1.82) is 0 Å². The molecule has 6 N–H and O–H groups in total. The highest BCUT2D eigenvalue weighted by Gasteiger charge is 2.46. The Labute approximate surface area is 456 Å². The van der Waals surface area contributed by atoms with E-state index >= 15 is 0 Å². The topological polar surface area (TPSA) is 256 Å². The number of sulfonamides is 2. The highest BCUT2D eigenvalue weighted by atomic mass is 32.2. The molecule has 2 fully saturated rings. The van der Waals surface area contributed by atoms with Crippen molar-refractivity contribution >= 4 is 55.5 Å². The van der Waals surface area contributed by atoms with E-state index < -0.39 is 96.8 Å². The molecule has 7 atom stereocenters. The van der Waals surface area contributed by atoms with Gasteiger partial charge < -0.3 is 41.7 Å². The number of carbonyl (C=O) groups is 6. The van der Waals surface area contributed by atoms with Crippen molar-refractivity contribution in [2.75, 3.05) is 72.4 Å². The maximum Gasteiger partial charge on any atom is 0.251 e. The van der Waals surface area contributed by atoms with Crippen LogP contribution in [0.3, 0.4) is 0 Å². The van der Waals surface area contributed by atoms with Crippen LogP contribution in [-0.2, 0) is 52.1 Å². The van der Waals surface area contributed by atoms with Crippen LogP contribution in [0.15, 0.2) is 84.9 Å². The van der Waals surface area contributed by atoms with Crippen molar-refractivity contribution in [3.8, 4) is 0 Å². The van der Waals surface area contributed by atoms with Crippen molar-refractivity contribution in [3.63, 3.8) is 0 Å². The fraction of sp³-hybridized carbons (Fsp3) is 0.564. The summed E-state index contributed by atoms with van der Waals surface area (Å²) in [6.07, 6.45) is 3.54. The summed E-state index contributed by atoms with van der Waals surface area (Å²) in [6.45, 7) is 12.9. The third kappa shape index (κ3) is 17.9. The van der Waals surface area contributed by atoms with Gasteiger partial charge in [-0.25, -0.2) is 16.8 Å². The fourth-order valence-corrected chi connectivity index (χ4v) is 11.4. The molecule has 77 heavy (non-hydrogen) atoms. The third-order valence-electron chi connectivity index (χ3n) is 14.2. The minimum atomic E-state index is -3.76. The zero-order valence-corrected chi connectivity index (χ0v) is 48.2. The van der Waals surface area contributed by atoms with E-state index in [-0.39, 0.29) is 81.6 Å². The number of carbonyl (C=O) groups excluding carboxylic acids is 6. The molecule has 0 spiro atoms. The number of nitrogens with zero attached hydrogens (tertiary/aromatic N) is 4. The van der Waals surface area contributed by atoms with Crippen molar-refractivity contribution < 1.29 is 45.6 Å². The maximum atomic E-state index is 14.7. The van der Waals surface area contributed by atoms with Crippen molar-refractivity contribution in [2.24, 2.45) is 10.8 Å². The van der Waals surface area contributed by atoms with Crippen molar-refractivity contribution in [2.45, 2.75) is 116 Å². The summed E-state index contributed by atoms with van der Waals surface area (Å²) in [5.41, 5.74) is 0.830. The molecule has 0 bridgehead atoms. The van der Waals surface area contributed by atoms with Crippen LogP contribution < -0.4 is 31.9 Å². The van der Waals surface area contributed by atoms with Gasteiger partial charge in [0, 0.05) is 74.6 Å². The van der Waals surface area contributed by atoms with Gasteiger partial charge in [-0.05, 0) is 92.9 Å². The van der Waals surface area contributed by atoms with E-state index in [1.165, 1.54) is 32.9 Å². The lowest BCUT2D eigenvalue weighted by Gasteiger charge is -2.37. The molecule has 6 amide bonds. The van der Waals surface area contributed by atoms with Gasteiger partial charge in [0.05, 0.1) is 25.1 Å². The number of hydrogen-bond acceptors (Lipinski definition) is 12. The minimum absolute atomic E-state index is 0.0242. The first-order valence-electron chi connectivity index (χ1n) is 26.2. The average molecular weight is 1110 g/mol. The Hall–Kier alpha value is -5.78. The molecule has 20 nitrogen and oxygen atoms in total. The van der Waals surface area contributed by atoms with Crippen LogP contribution in [0.25, 0.3) is 0 Å². The number of hydrogen-bond donors (Lipinski definition) is 6. The van der Waals surface area contributed by atoms with Gasteiger partial charge in [0.15, 0.2) is 0 Å². The molecule has 2 saturated heterocycles. The van der Waals surface area contributed by atoms with E-state index in [4.69, 9.17) is 0 Å². The second kappa shape index (κ2) is 26.7. The largest absolute Gasteiger partial charge is 0.347 e. The number of likely N-dealkylation sites (tertiary alicyclic amines) is 2. The summed E-state index contributed by atoms with van der Waals surface area (Å²) in [7, 11) is -4.26. The Kier molecular flexibility index (Phi) is 21.5. The van der Waals surface area contributed by atoms with Crippen molar-refractivity contribution in [1.82, 2.24) is 50.3 Å². The predicted molar refractivity (Wildman–Crippen MR) is 298 cm³/mol. The van der Waals surface area contributed by atoms with Gasteiger partial charge in [-0.1, -0.05) is 102 Å². The molecule has 0 radical (unpaired) electrons. The molecule has 3 aromatic rings. The summed E-state index contributed by atoms with van der Waals surface area (Å²) >= 11 is 0. The van der Waals surface area contributed by atoms with Gasteiger partial charge >= 0.3 is 0 Å². The van der Waals surface area contributed by atoms with Gasteiger partial charge in [-0.15, -0.1) is 0 Å². The predicted octanol–water partition coefficient (Wildman–Crippen LogP) is 1.98. The molecule has 5 rings (SSSR count). The molecule has 2 aliphatic heterocycles. The molecule has 2 heterocycles. The summed E-state index contributed by atoms with van der Waals surface area (Å²) in [6, 6.07) is 19.8. The molecule has 424 valence electrons. The van der Waals surface area contributed by atoms with E-state index in [1.807, 2.05) is 102 Å². The van der Waals surface area contributed by atoms with Crippen LogP contribution in [0, 0.1) is 10.8 Å². The van der Waals surface area contributed by atoms with Crippen LogP contribution in [-0.4, -0.2) is 185 Å². The maximum absolute atomic E-state index is 14.7. The number of amides is 6. The zero-order valence-electron chi connectivity index (χ0n) is 46.6. The van der Waals surface area contributed by atoms with E-state index in [9.17, 15) is 45.6 Å². The molecule has 2 aliphatic rings. The second-order valence-electron chi connectivity index (χ2n) is 22.6. The highest BCUT2D eigenvalue weighted by Crippen LogP contribution is 2.30. The van der Waals surface area contributed by atoms with Crippen LogP contribution in [0.2, 0.25) is 0 Å². The smallest absolute Gasteiger partial charge is 0.251 e. The van der Waals surface area contributed by atoms with E-state index in [1.54, 1.807) is 30.8 Å². The summed E-state index contributed by atoms with van der Waals surface area (Å²) in [5, 5.41) is 17.5. The number of benzene rings is 3. The van der Waals surface area contributed by atoms with E-state index in [0.29, 0.717) is 12.8 Å². The minimum Gasteiger partial charge on any atom is -0.347 e. The van der Waals surface area contributed by atoms with Crippen LogP contribution in [0.4, 0.5) is 0 Å². The lowest BCUT2D eigenvalue weighted by Crippen LogP contribution is -2.59. The first kappa shape index (κ1) is 62.1. The third-order valence-corrected chi connectivity index (χ3v) is 16.7. The first-order valence-corrected chi connectivity index (χ1v) is 29.9. The van der Waals surface area contributed by atoms with Gasteiger partial charge in [0.1, 0.15) is 12.1 Å². The number of likely N-dealkylation sites (N-methyl/N-ethyl adjacent to an activating group) is 2. The van der Waals surface area contributed by atoms with E-state index in [0.717, 1.165) is 23.6 Å². The Morgan fingerprint density at radius 2 is 0.974 bits per heavy atom. The monoisotopic (exact) mass is 1110 g/mol. The molecule has 0 saturated carbocycles. The molecule has 0 unspecified atom stereocenters. The highest BCUT2D eigenvalue weighted by molar-refractivity contribution is 7.88.